The minimum atomic E-state index is -2.00. The van der Waals surface area contributed by atoms with Crippen LogP contribution in [0.25, 0.3) is 0 Å². The summed E-state index contributed by atoms with van der Waals surface area (Å²) in [6.07, 6.45) is -0.609. The quantitative estimate of drug-likeness (QED) is 0.146. The number of carbonyl (C=O) groups is 2. The molecule has 0 bridgehead atoms. The van der Waals surface area contributed by atoms with Crippen LogP contribution < -0.4 is 0 Å². The number of methoxy groups -OCH3 is 1. The van der Waals surface area contributed by atoms with Gasteiger partial charge in [0.1, 0.15) is 0 Å². The molecule has 0 aromatic carbocycles. The molecule has 0 aliphatic heterocycles. The van der Waals surface area contributed by atoms with Gasteiger partial charge in [0.2, 0.25) is 5.24 Å². The van der Waals surface area contributed by atoms with Gasteiger partial charge in [0.05, 0.1) is 25.2 Å². The van der Waals surface area contributed by atoms with Crippen LogP contribution in [0.5, 0.6) is 0 Å². The smallest absolute Gasteiger partial charge is 0.310 e. The van der Waals surface area contributed by atoms with Crippen LogP contribution >= 0.6 is 11.6 Å². The Morgan fingerprint density at radius 1 is 0.800 bits per heavy atom. The zero-order valence-corrected chi connectivity index (χ0v) is 23.4. The van der Waals surface area contributed by atoms with Crippen LogP contribution in [-0.4, -0.2) is 47.2 Å². The van der Waals surface area contributed by atoms with Gasteiger partial charge in [0.15, 0.2) is 16.6 Å². The maximum Gasteiger partial charge on any atom is 0.310 e. The summed E-state index contributed by atoms with van der Waals surface area (Å²) < 4.78 is 18.6. The van der Waals surface area contributed by atoms with Gasteiger partial charge in [0, 0.05) is 12.3 Å². The van der Waals surface area contributed by atoms with Crippen molar-refractivity contribution in [1.82, 2.24) is 0 Å². The van der Waals surface area contributed by atoms with E-state index in [9.17, 15) is 9.59 Å². The molecule has 0 aliphatic rings. The fraction of sp³-hybridized carbons (Fsp3) is 0.909. The number of esters is 1. The normalized spacial score (nSPS) is 16.6. The summed E-state index contributed by atoms with van der Waals surface area (Å²) in [4.78, 5) is 24.4. The molecular formula is C22H45ClO5Si2. The first kappa shape index (κ1) is 29.8. The van der Waals surface area contributed by atoms with Crippen LogP contribution in [0.15, 0.2) is 0 Å². The lowest BCUT2D eigenvalue weighted by Crippen LogP contribution is -2.51. The Hall–Kier alpha value is -0.216. The highest BCUT2D eigenvalue weighted by Crippen LogP contribution is 2.35. The molecule has 0 aliphatic carbocycles. The third-order valence-corrected chi connectivity index (χ3v) is 16.6. The van der Waals surface area contributed by atoms with Crippen molar-refractivity contribution in [1.29, 1.82) is 0 Å². The van der Waals surface area contributed by atoms with E-state index in [2.05, 4.69) is 41.5 Å². The average molecular weight is 481 g/mol. The molecular weight excluding hydrogens is 436 g/mol. The fourth-order valence-corrected chi connectivity index (χ4v) is 10.4. The molecule has 0 heterocycles. The number of ether oxygens (including phenoxy) is 1. The minimum Gasteiger partial charge on any atom is -0.469 e. The van der Waals surface area contributed by atoms with Crippen molar-refractivity contribution in [2.24, 2.45) is 11.8 Å². The van der Waals surface area contributed by atoms with Gasteiger partial charge in [-0.25, -0.2) is 0 Å². The zero-order valence-electron chi connectivity index (χ0n) is 20.7. The predicted molar refractivity (Wildman–Crippen MR) is 130 cm³/mol. The molecule has 0 N–H and O–H groups in total. The number of hydrogen-bond acceptors (Lipinski definition) is 5. The summed E-state index contributed by atoms with van der Waals surface area (Å²) in [6, 6.07) is 5.89. The number of carbonyl (C=O) groups excluding carboxylic acids is 2. The molecule has 4 atom stereocenters. The van der Waals surface area contributed by atoms with E-state index in [4.69, 9.17) is 25.2 Å². The van der Waals surface area contributed by atoms with Gasteiger partial charge < -0.3 is 13.6 Å². The zero-order chi connectivity index (χ0) is 23.5. The van der Waals surface area contributed by atoms with E-state index in [1.807, 2.05) is 13.8 Å². The molecule has 0 spiro atoms. The highest BCUT2D eigenvalue weighted by Gasteiger charge is 2.43. The summed E-state index contributed by atoms with van der Waals surface area (Å²) in [5.41, 5.74) is 0. The molecule has 0 saturated carbocycles. The van der Waals surface area contributed by atoms with E-state index in [0.717, 1.165) is 36.3 Å². The van der Waals surface area contributed by atoms with E-state index in [1.54, 1.807) is 0 Å². The second-order valence-electron chi connectivity index (χ2n) is 8.46. The molecule has 0 saturated heterocycles. The lowest BCUT2D eigenvalue weighted by Gasteiger charge is -2.42. The lowest BCUT2D eigenvalue weighted by molar-refractivity contribution is -0.150. The first-order valence-electron chi connectivity index (χ1n) is 11.7. The van der Waals surface area contributed by atoms with Crippen LogP contribution in [0.1, 0.15) is 61.8 Å². The van der Waals surface area contributed by atoms with Gasteiger partial charge in [-0.1, -0.05) is 48.5 Å². The Bertz CT molecular complexity index is 507. The van der Waals surface area contributed by atoms with Gasteiger partial charge in [-0.3, -0.25) is 9.59 Å². The fourth-order valence-electron chi connectivity index (χ4n) is 4.30. The predicted octanol–water partition coefficient (Wildman–Crippen LogP) is 6.37. The molecule has 30 heavy (non-hydrogen) atoms. The summed E-state index contributed by atoms with van der Waals surface area (Å²) in [5.74, 6) is -0.896. The van der Waals surface area contributed by atoms with Crippen LogP contribution in [-0.2, 0) is 23.2 Å². The molecule has 0 unspecified atom stereocenters. The van der Waals surface area contributed by atoms with E-state index >= 15 is 0 Å². The minimum absolute atomic E-state index is 0.129. The van der Waals surface area contributed by atoms with Crippen molar-refractivity contribution in [3.05, 3.63) is 0 Å². The summed E-state index contributed by atoms with van der Waals surface area (Å²) >= 11 is 5.84. The van der Waals surface area contributed by atoms with Crippen molar-refractivity contribution in [2.45, 2.75) is 110 Å². The second kappa shape index (κ2) is 14.0. The number of rotatable bonds is 16. The molecule has 0 fully saturated rings. The second-order valence-corrected chi connectivity index (χ2v) is 18.3. The maximum atomic E-state index is 12.5. The van der Waals surface area contributed by atoms with Gasteiger partial charge in [-0.15, -0.1) is 0 Å². The topological polar surface area (TPSA) is 61.8 Å². The van der Waals surface area contributed by atoms with Crippen LogP contribution in [0.4, 0.5) is 0 Å². The summed E-state index contributed by atoms with van der Waals surface area (Å²) in [7, 11) is -2.58. The molecule has 0 amide bonds. The first-order chi connectivity index (χ1) is 14.0. The first-order valence-corrected chi connectivity index (χ1v) is 17.1. The Morgan fingerprint density at radius 2 is 1.20 bits per heavy atom. The highest BCUT2D eigenvalue weighted by molar-refractivity contribution is 6.74. The molecule has 178 valence electrons. The Labute approximate surface area is 191 Å². The molecule has 5 nitrogen and oxygen atoms in total. The standard InChI is InChI=1S/C22H45ClO5Si2/c1-10-29(11-2,12-3)27-19(16-20(23)24)17(7)21(18(8)22(25)26-9)28-30(13-4,14-5)15-6/h17-19,21H,10-16H2,1-9H3/t17-,18+,19-,21-/m0/s1. The summed E-state index contributed by atoms with van der Waals surface area (Å²) in [5, 5.41) is -0.410. The van der Waals surface area contributed by atoms with Gasteiger partial charge >= 0.3 is 5.97 Å². The van der Waals surface area contributed by atoms with Gasteiger partial charge in [0.25, 0.3) is 0 Å². The monoisotopic (exact) mass is 480 g/mol. The van der Waals surface area contributed by atoms with Crippen molar-refractivity contribution >= 4 is 39.4 Å². The number of halogens is 1. The Morgan fingerprint density at radius 3 is 1.53 bits per heavy atom. The van der Waals surface area contributed by atoms with Crippen LogP contribution in [0.2, 0.25) is 36.3 Å². The SMILES string of the molecule is CC[Si](CC)(CC)O[C@@H]([C@@H](C)[C@H](CC(=O)Cl)O[Si](CC)(CC)CC)[C@@H](C)C(=O)OC. The molecule has 8 heteroatoms. The van der Waals surface area contributed by atoms with E-state index in [0.29, 0.717) is 0 Å². The van der Waals surface area contributed by atoms with Crippen molar-refractivity contribution in [2.75, 3.05) is 7.11 Å². The molecule has 0 aromatic rings. The van der Waals surface area contributed by atoms with Gasteiger partial charge in [-0.05, 0) is 54.8 Å². The average Bonchev–Trinajstić information content (AvgIpc) is 2.76. The van der Waals surface area contributed by atoms with E-state index in [1.165, 1.54) is 7.11 Å². The Balaban J connectivity index is 6.14. The maximum absolute atomic E-state index is 12.5. The number of hydrogen-bond donors (Lipinski definition) is 0. The lowest BCUT2D eigenvalue weighted by atomic mass is 9.88. The third kappa shape index (κ3) is 8.04. The van der Waals surface area contributed by atoms with Crippen molar-refractivity contribution < 1.29 is 23.2 Å². The van der Waals surface area contributed by atoms with E-state index in [-0.39, 0.29) is 30.5 Å². The van der Waals surface area contributed by atoms with Gasteiger partial charge in [-0.2, -0.15) is 0 Å². The Kier molecular flexibility index (Phi) is 13.9. The molecule has 0 aromatic heterocycles. The summed E-state index contributed by atoms with van der Waals surface area (Å²) in [6.45, 7) is 16.9. The van der Waals surface area contributed by atoms with Crippen LogP contribution in [0, 0.1) is 11.8 Å². The largest absolute Gasteiger partial charge is 0.469 e. The van der Waals surface area contributed by atoms with Crippen molar-refractivity contribution in [3.8, 4) is 0 Å². The van der Waals surface area contributed by atoms with Crippen molar-refractivity contribution in [3.63, 3.8) is 0 Å². The third-order valence-electron chi connectivity index (χ3n) is 7.19. The molecule has 0 radical (unpaired) electrons. The highest BCUT2D eigenvalue weighted by atomic mass is 35.5. The molecule has 0 rings (SSSR count). The van der Waals surface area contributed by atoms with E-state index < -0.39 is 27.8 Å². The van der Waals surface area contributed by atoms with Crippen LogP contribution in [0.3, 0.4) is 0 Å².